The highest BCUT2D eigenvalue weighted by atomic mass is 16.6. The quantitative estimate of drug-likeness (QED) is 0.171. The van der Waals surface area contributed by atoms with Crippen molar-refractivity contribution in [3.8, 4) is 0 Å². The van der Waals surface area contributed by atoms with Crippen molar-refractivity contribution in [1.82, 2.24) is 19.1 Å². The minimum Gasteiger partial charge on any atom is -0.322 e. The van der Waals surface area contributed by atoms with Crippen LogP contribution < -0.4 is 0 Å². The van der Waals surface area contributed by atoms with Crippen LogP contribution in [0, 0.1) is 17.0 Å². The molecule has 0 unspecified atom stereocenters. The molecule has 0 atom stereocenters. The lowest BCUT2D eigenvalue weighted by Crippen LogP contribution is -2.32. The summed E-state index contributed by atoms with van der Waals surface area (Å²) in [6, 6.07) is 14.5. The number of likely N-dealkylation sites (tertiary alicyclic amines) is 1. The Kier molecular flexibility index (Phi) is 5.98. The second-order valence-electron chi connectivity index (χ2n) is 8.75. The summed E-state index contributed by atoms with van der Waals surface area (Å²) in [6.07, 6.45) is 6.68. The molecule has 5 rings (SSSR count). The maximum absolute atomic E-state index is 13.4. The number of fused-ring (bicyclic) bond motifs is 3. The van der Waals surface area contributed by atoms with Crippen LogP contribution in [-0.2, 0) is 6.54 Å². The number of hydrogen-bond donors (Lipinski definition) is 0. The number of carbonyl (C=O) groups is 1. The van der Waals surface area contributed by atoms with E-state index in [1.165, 1.54) is 37.5 Å². The van der Waals surface area contributed by atoms with Gasteiger partial charge in [0.2, 0.25) is 0 Å². The van der Waals surface area contributed by atoms with Crippen molar-refractivity contribution in [2.45, 2.75) is 32.7 Å². The fourth-order valence-corrected chi connectivity index (χ4v) is 4.90. The zero-order valence-corrected chi connectivity index (χ0v) is 19.2. The van der Waals surface area contributed by atoms with Crippen LogP contribution in [0.25, 0.3) is 22.8 Å². The molecule has 34 heavy (non-hydrogen) atoms. The first kappa shape index (κ1) is 22.0. The zero-order chi connectivity index (χ0) is 23.7. The molecule has 0 bridgehead atoms. The van der Waals surface area contributed by atoms with Gasteiger partial charge >= 0.3 is 0 Å². The minimum atomic E-state index is -0.438. The number of rotatable bonds is 7. The van der Waals surface area contributed by atoms with Gasteiger partial charge in [0.15, 0.2) is 5.78 Å². The maximum atomic E-state index is 13.4. The molecule has 2 aromatic carbocycles. The van der Waals surface area contributed by atoms with E-state index in [4.69, 9.17) is 5.10 Å². The molecule has 1 fully saturated rings. The predicted octanol–water partition coefficient (Wildman–Crippen LogP) is 4.89. The molecule has 4 aromatic rings. The van der Waals surface area contributed by atoms with Crippen molar-refractivity contribution in [3.05, 3.63) is 81.5 Å². The van der Waals surface area contributed by atoms with E-state index in [1.54, 1.807) is 18.2 Å². The average Bonchev–Trinajstić information content (AvgIpc) is 3.34. The van der Waals surface area contributed by atoms with Gasteiger partial charge in [0.05, 0.1) is 32.8 Å². The molecule has 0 saturated carbocycles. The van der Waals surface area contributed by atoms with Crippen LogP contribution in [0.1, 0.15) is 40.9 Å². The summed E-state index contributed by atoms with van der Waals surface area (Å²) in [5.74, 6) is -0.215. The van der Waals surface area contributed by atoms with E-state index in [1.807, 2.05) is 29.6 Å². The molecule has 174 valence electrons. The number of nitrogens with zero attached hydrogens (tertiary/aromatic N) is 5. The van der Waals surface area contributed by atoms with Crippen LogP contribution in [0.3, 0.4) is 0 Å². The highest BCUT2D eigenvalue weighted by molar-refractivity contribution is 6.12. The van der Waals surface area contributed by atoms with Crippen LogP contribution in [0.4, 0.5) is 5.69 Å². The molecule has 8 heteroatoms. The van der Waals surface area contributed by atoms with Crippen molar-refractivity contribution in [1.29, 1.82) is 0 Å². The first-order chi connectivity index (χ1) is 16.5. The summed E-state index contributed by atoms with van der Waals surface area (Å²) in [5, 5.41) is 16.0. The largest absolute Gasteiger partial charge is 0.322 e. The van der Waals surface area contributed by atoms with Crippen LogP contribution in [-0.4, -0.2) is 49.4 Å². The summed E-state index contributed by atoms with van der Waals surface area (Å²) in [4.78, 5) is 26.8. The SMILES string of the molecule is Cc1nn2c3ccccc3n(CCN3CCCCC3)c2c1C(=O)C=Cc1ccccc1[N+](=O)[O-]. The van der Waals surface area contributed by atoms with E-state index in [9.17, 15) is 14.9 Å². The summed E-state index contributed by atoms with van der Waals surface area (Å²) in [6.45, 7) is 5.73. The number of benzene rings is 2. The number of aromatic nitrogens is 3. The third kappa shape index (κ3) is 4.01. The molecule has 0 aliphatic carbocycles. The van der Waals surface area contributed by atoms with Crippen LogP contribution >= 0.6 is 0 Å². The number of ketones is 1. The maximum Gasteiger partial charge on any atom is 0.276 e. The van der Waals surface area contributed by atoms with Crippen LogP contribution in [0.2, 0.25) is 0 Å². The lowest BCUT2D eigenvalue weighted by molar-refractivity contribution is -0.385. The van der Waals surface area contributed by atoms with E-state index < -0.39 is 4.92 Å². The number of nitro groups is 1. The van der Waals surface area contributed by atoms with Gasteiger partial charge in [-0.2, -0.15) is 5.10 Å². The average molecular weight is 458 g/mol. The third-order valence-corrected chi connectivity index (χ3v) is 6.58. The summed E-state index contributed by atoms with van der Waals surface area (Å²) in [5.41, 5.74) is 4.31. The van der Waals surface area contributed by atoms with Crippen molar-refractivity contribution in [2.24, 2.45) is 0 Å². The molecule has 3 heterocycles. The lowest BCUT2D eigenvalue weighted by atomic mass is 10.1. The van der Waals surface area contributed by atoms with Crippen molar-refractivity contribution in [2.75, 3.05) is 19.6 Å². The van der Waals surface area contributed by atoms with Gasteiger partial charge in [0.1, 0.15) is 5.65 Å². The normalized spacial score (nSPS) is 15.0. The number of allylic oxidation sites excluding steroid dienone is 1. The molecule has 1 saturated heterocycles. The second kappa shape index (κ2) is 9.23. The van der Waals surface area contributed by atoms with Gasteiger partial charge in [-0.25, -0.2) is 4.52 Å². The Balaban J connectivity index is 1.55. The zero-order valence-electron chi connectivity index (χ0n) is 19.2. The number of para-hydroxylation sites is 3. The molecular weight excluding hydrogens is 430 g/mol. The Bertz CT molecular complexity index is 1410. The molecule has 1 aliphatic rings. The number of carbonyl (C=O) groups excluding carboxylic acids is 1. The molecule has 0 N–H and O–H groups in total. The van der Waals surface area contributed by atoms with Gasteiger partial charge in [-0.3, -0.25) is 14.9 Å². The van der Waals surface area contributed by atoms with Gasteiger partial charge < -0.3 is 9.47 Å². The van der Waals surface area contributed by atoms with Crippen LogP contribution in [0.15, 0.2) is 54.6 Å². The minimum absolute atomic E-state index is 0.0286. The molecule has 0 radical (unpaired) electrons. The Morgan fingerprint density at radius 1 is 1.03 bits per heavy atom. The lowest BCUT2D eigenvalue weighted by Gasteiger charge is -2.26. The second-order valence-corrected chi connectivity index (χ2v) is 8.75. The number of nitro benzene ring substituents is 1. The summed E-state index contributed by atoms with van der Waals surface area (Å²) < 4.78 is 4.04. The number of aryl methyl sites for hydroxylation is 1. The van der Waals surface area contributed by atoms with Crippen molar-refractivity contribution in [3.63, 3.8) is 0 Å². The van der Waals surface area contributed by atoms with Crippen molar-refractivity contribution >= 4 is 34.2 Å². The van der Waals surface area contributed by atoms with E-state index in [0.29, 0.717) is 16.8 Å². The number of piperidine rings is 1. The molecule has 8 nitrogen and oxygen atoms in total. The van der Waals surface area contributed by atoms with E-state index in [0.717, 1.165) is 42.9 Å². The molecule has 2 aromatic heterocycles. The van der Waals surface area contributed by atoms with E-state index in [-0.39, 0.29) is 11.5 Å². The van der Waals surface area contributed by atoms with Gasteiger partial charge in [-0.15, -0.1) is 0 Å². The summed E-state index contributed by atoms with van der Waals surface area (Å²) >= 11 is 0. The van der Waals surface area contributed by atoms with Gasteiger partial charge in [0.25, 0.3) is 5.69 Å². The first-order valence-corrected chi connectivity index (χ1v) is 11.7. The molecule has 0 spiro atoms. The number of imidazole rings is 1. The van der Waals surface area contributed by atoms with E-state index in [2.05, 4.69) is 15.5 Å². The van der Waals surface area contributed by atoms with Gasteiger partial charge in [0, 0.05) is 19.2 Å². The smallest absolute Gasteiger partial charge is 0.276 e. The topological polar surface area (TPSA) is 85.7 Å². The van der Waals surface area contributed by atoms with Crippen LogP contribution in [0.5, 0.6) is 0 Å². The molecular formula is C26H27N5O3. The van der Waals surface area contributed by atoms with Gasteiger partial charge in [-0.1, -0.05) is 30.7 Å². The number of hydrogen-bond acceptors (Lipinski definition) is 5. The Hall–Kier alpha value is -3.78. The first-order valence-electron chi connectivity index (χ1n) is 11.7. The third-order valence-electron chi connectivity index (χ3n) is 6.58. The predicted molar refractivity (Wildman–Crippen MR) is 132 cm³/mol. The highest BCUT2D eigenvalue weighted by Crippen LogP contribution is 2.27. The Morgan fingerprint density at radius 2 is 1.74 bits per heavy atom. The fourth-order valence-electron chi connectivity index (χ4n) is 4.90. The highest BCUT2D eigenvalue weighted by Gasteiger charge is 2.23. The van der Waals surface area contributed by atoms with E-state index >= 15 is 0 Å². The Morgan fingerprint density at radius 3 is 2.50 bits per heavy atom. The standard InChI is InChI=1S/C26H27N5O3/c1-19-25(24(32)14-13-20-9-3-4-10-21(20)31(33)34)26-29(18-17-28-15-7-2-8-16-28)22-11-5-6-12-23(22)30(26)27-19/h3-6,9-14H,2,7-8,15-18H2,1H3. The molecule has 0 amide bonds. The van der Waals surface area contributed by atoms with Crippen molar-refractivity contribution < 1.29 is 9.72 Å². The monoisotopic (exact) mass is 457 g/mol. The summed E-state index contributed by atoms with van der Waals surface area (Å²) in [7, 11) is 0. The van der Waals surface area contributed by atoms with Gasteiger partial charge in [-0.05, 0) is 63.2 Å². The molecule has 1 aliphatic heterocycles. The fraction of sp³-hybridized carbons (Fsp3) is 0.308. The Labute approximate surface area is 197 Å².